The predicted octanol–water partition coefficient (Wildman–Crippen LogP) is 3.10. The van der Waals surface area contributed by atoms with E-state index in [2.05, 4.69) is 30.1 Å². The lowest BCUT2D eigenvalue weighted by Crippen LogP contribution is -2.31. The monoisotopic (exact) mass is 259 g/mol. The maximum atomic E-state index is 6.16. The van der Waals surface area contributed by atoms with Gasteiger partial charge >= 0.3 is 0 Å². The van der Waals surface area contributed by atoms with E-state index in [0.717, 1.165) is 35.8 Å². The van der Waals surface area contributed by atoms with Crippen LogP contribution in [0.2, 0.25) is 0 Å². The van der Waals surface area contributed by atoms with Gasteiger partial charge in [-0.25, -0.2) is 4.98 Å². The molecule has 92 valence electrons. The van der Waals surface area contributed by atoms with Crippen molar-refractivity contribution in [3.63, 3.8) is 0 Å². The number of rotatable bonds is 7. The summed E-state index contributed by atoms with van der Waals surface area (Å²) in [6.07, 6.45) is 4.24. The van der Waals surface area contributed by atoms with Crippen LogP contribution < -0.4 is 5.73 Å². The van der Waals surface area contributed by atoms with Crippen LogP contribution in [-0.2, 0) is 6.42 Å². The van der Waals surface area contributed by atoms with Crippen LogP contribution in [0.4, 0.5) is 0 Å². The van der Waals surface area contributed by atoms with Gasteiger partial charge in [0.05, 0.1) is 0 Å². The van der Waals surface area contributed by atoms with Crippen LogP contribution in [0.25, 0.3) is 0 Å². The van der Waals surface area contributed by atoms with Gasteiger partial charge < -0.3 is 5.73 Å². The molecule has 1 aromatic rings. The average Bonchev–Trinajstić information content (AvgIpc) is 2.73. The quantitative estimate of drug-likeness (QED) is 0.765. The summed E-state index contributed by atoms with van der Waals surface area (Å²) in [6.45, 7) is 6.45. The van der Waals surface area contributed by atoms with Crippen LogP contribution in [0.5, 0.6) is 0 Å². The van der Waals surface area contributed by atoms with E-state index in [0.29, 0.717) is 5.25 Å². The first-order valence-corrected chi connectivity index (χ1v) is 7.61. The van der Waals surface area contributed by atoms with Crippen molar-refractivity contribution in [2.45, 2.75) is 62.1 Å². The van der Waals surface area contributed by atoms with Crippen molar-refractivity contribution in [1.29, 1.82) is 0 Å². The van der Waals surface area contributed by atoms with Crippen LogP contribution in [0.1, 0.15) is 45.9 Å². The molecular formula is C11H21N3S2. The van der Waals surface area contributed by atoms with Gasteiger partial charge in [0.25, 0.3) is 0 Å². The average molecular weight is 259 g/mol. The molecule has 2 atom stereocenters. The highest BCUT2D eigenvalue weighted by Gasteiger charge is 2.18. The molecule has 2 N–H and O–H groups in total. The summed E-state index contributed by atoms with van der Waals surface area (Å²) < 4.78 is 5.36. The van der Waals surface area contributed by atoms with Gasteiger partial charge in [-0.2, -0.15) is 4.37 Å². The minimum absolute atomic E-state index is 0.272. The van der Waals surface area contributed by atoms with Crippen molar-refractivity contribution in [2.24, 2.45) is 5.73 Å². The molecule has 0 aromatic carbocycles. The largest absolute Gasteiger partial charge is 0.327 e. The Labute approximate surface area is 106 Å². The Morgan fingerprint density at radius 1 is 1.38 bits per heavy atom. The highest BCUT2D eigenvalue weighted by atomic mass is 32.2. The Morgan fingerprint density at radius 2 is 2.12 bits per heavy atom. The van der Waals surface area contributed by atoms with Gasteiger partial charge in [-0.05, 0) is 24.4 Å². The van der Waals surface area contributed by atoms with Crippen LogP contribution in [0.3, 0.4) is 0 Å². The molecular weight excluding hydrogens is 238 g/mol. The Morgan fingerprint density at radius 3 is 2.62 bits per heavy atom. The van der Waals surface area contributed by atoms with Crippen LogP contribution in [0.15, 0.2) is 4.34 Å². The minimum Gasteiger partial charge on any atom is -0.327 e. The van der Waals surface area contributed by atoms with Gasteiger partial charge in [0.2, 0.25) is 0 Å². The summed E-state index contributed by atoms with van der Waals surface area (Å²) in [4.78, 5) is 4.47. The van der Waals surface area contributed by atoms with Gasteiger partial charge in [0.15, 0.2) is 4.34 Å². The fourth-order valence-corrected chi connectivity index (χ4v) is 3.60. The zero-order valence-electron chi connectivity index (χ0n) is 10.3. The standard InChI is InChI=1S/C11H21N3S2/c1-4-7-8(12)9(5-2)15-11-13-10(6-3)14-16-11/h8-9H,4-7,12H2,1-3H3. The Balaban J connectivity index is 2.55. The molecule has 3 nitrogen and oxygen atoms in total. The fraction of sp³-hybridized carbons (Fsp3) is 0.818. The van der Waals surface area contributed by atoms with Crippen LogP contribution in [-0.4, -0.2) is 20.6 Å². The van der Waals surface area contributed by atoms with E-state index in [9.17, 15) is 0 Å². The normalized spacial score (nSPS) is 15.0. The van der Waals surface area contributed by atoms with E-state index < -0.39 is 0 Å². The van der Waals surface area contributed by atoms with E-state index >= 15 is 0 Å². The molecule has 0 radical (unpaired) electrons. The number of thioether (sulfide) groups is 1. The van der Waals surface area contributed by atoms with Gasteiger partial charge in [0, 0.05) is 17.7 Å². The summed E-state index contributed by atoms with van der Waals surface area (Å²) in [5, 5.41) is 0.470. The molecule has 0 bridgehead atoms. The van der Waals surface area contributed by atoms with Gasteiger partial charge in [0.1, 0.15) is 5.82 Å². The number of hydrogen-bond donors (Lipinski definition) is 1. The fourth-order valence-electron chi connectivity index (χ4n) is 1.55. The second-order valence-electron chi connectivity index (χ2n) is 3.85. The van der Waals surface area contributed by atoms with Crippen molar-refractivity contribution in [3.05, 3.63) is 5.82 Å². The molecule has 16 heavy (non-hydrogen) atoms. The lowest BCUT2D eigenvalue weighted by Gasteiger charge is -2.20. The van der Waals surface area contributed by atoms with E-state index in [4.69, 9.17) is 5.73 Å². The Bertz CT molecular complexity index is 301. The van der Waals surface area contributed by atoms with Crippen molar-refractivity contribution in [3.8, 4) is 0 Å². The highest BCUT2D eigenvalue weighted by molar-refractivity contribution is 8.01. The van der Waals surface area contributed by atoms with Gasteiger partial charge in [-0.3, -0.25) is 0 Å². The number of aromatic nitrogens is 2. The third-order valence-electron chi connectivity index (χ3n) is 2.52. The first-order valence-electron chi connectivity index (χ1n) is 5.96. The first kappa shape index (κ1) is 13.9. The van der Waals surface area contributed by atoms with E-state index in [-0.39, 0.29) is 6.04 Å². The molecule has 1 heterocycles. The Hall–Kier alpha value is -0.130. The molecule has 0 fully saturated rings. The third kappa shape index (κ3) is 4.03. The molecule has 0 saturated heterocycles. The van der Waals surface area contributed by atoms with Crippen LogP contribution >= 0.6 is 23.3 Å². The summed E-state index contributed by atoms with van der Waals surface area (Å²) in [7, 11) is 0. The maximum Gasteiger partial charge on any atom is 0.170 e. The van der Waals surface area contributed by atoms with Gasteiger partial charge in [-0.15, -0.1) is 0 Å². The van der Waals surface area contributed by atoms with Crippen molar-refractivity contribution < 1.29 is 0 Å². The van der Waals surface area contributed by atoms with Crippen molar-refractivity contribution in [2.75, 3.05) is 0 Å². The smallest absolute Gasteiger partial charge is 0.170 e. The predicted molar refractivity (Wildman–Crippen MR) is 72.1 cm³/mol. The first-order chi connectivity index (χ1) is 7.71. The van der Waals surface area contributed by atoms with E-state index in [1.807, 2.05) is 0 Å². The summed E-state index contributed by atoms with van der Waals surface area (Å²) >= 11 is 3.29. The SMILES string of the molecule is CCCC(N)C(CC)Sc1nc(CC)ns1. The Kier molecular flexibility index (Phi) is 6.31. The molecule has 0 amide bonds. The topological polar surface area (TPSA) is 51.8 Å². The molecule has 2 unspecified atom stereocenters. The zero-order valence-corrected chi connectivity index (χ0v) is 11.9. The number of nitrogens with zero attached hydrogens (tertiary/aromatic N) is 2. The van der Waals surface area contributed by atoms with E-state index in [1.54, 1.807) is 11.8 Å². The molecule has 0 aliphatic heterocycles. The molecule has 5 heteroatoms. The summed E-state index contributed by atoms with van der Waals surface area (Å²) in [6, 6.07) is 0.272. The minimum atomic E-state index is 0.272. The molecule has 0 aliphatic carbocycles. The second kappa shape index (κ2) is 7.25. The lowest BCUT2D eigenvalue weighted by atomic mass is 10.1. The molecule has 0 saturated carbocycles. The lowest BCUT2D eigenvalue weighted by molar-refractivity contribution is 0.566. The van der Waals surface area contributed by atoms with Crippen molar-refractivity contribution in [1.82, 2.24) is 9.36 Å². The summed E-state index contributed by atoms with van der Waals surface area (Å²) in [5.74, 6) is 0.950. The van der Waals surface area contributed by atoms with E-state index in [1.165, 1.54) is 11.5 Å². The molecule has 1 rings (SSSR count). The number of aryl methyl sites for hydroxylation is 1. The molecule has 0 spiro atoms. The molecule has 0 aliphatic rings. The number of nitrogens with two attached hydrogens (primary N) is 1. The molecule has 1 aromatic heterocycles. The second-order valence-corrected chi connectivity index (χ2v) is 6.09. The van der Waals surface area contributed by atoms with Crippen LogP contribution in [0, 0.1) is 0 Å². The summed E-state index contributed by atoms with van der Waals surface area (Å²) in [5.41, 5.74) is 6.16. The zero-order chi connectivity index (χ0) is 12.0. The maximum absolute atomic E-state index is 6.16. The number of hydrogen-bond acceptors (Lipinski definition) is 5. The van der Waals surface area contributed by atoms with Gasteiger partial charge in [-0.1, -0.05) is 39.0 Å². The highest BCUT2D eigenvalue weighted by Crippen LogP contribution is 2.29. The third-order valence-corrected chi connectivity index (χ3v) is 4.86. The van der Waals surface area contributed by atoms with Crippen molar-refractivity contribution >= 4 is 23.3 Å².